The van der Waals surface area contributed by atoms with Crippen LogP contribution < -0.4 is 10.5 Å². The molecule has 0 fully saturated rings. The van der Waals surface area contributed by atoms with Crippen LogP contribution in [0.25, 0.3) is 11.0 Å². The molecule has 74 valence electrons. The van der Waals surface area contributed by atoms with E-state index < -0.39 is 6.61 Å². The number of aromatic nitrogens is 2. The van der Waals surface area contributed by atoms with Crippen molar-refractivity contribution in [1.82, 2.24) is 9.97 Å². The van der Waals surface area contributed by atoms with Crippen molar-refractivity contribution in [3.63, 3.8) is 0 Å². The molecule has 2 rings (SSSR count). The van der Waals surface area contributed by atoms with Gasteiger partial charge in [0.1, 0.15) is 5.52 Å². The zero-order chi connectivity index (χ0) is 10.1. The number of nitrogens with two attached hydrogens (primary N) is 1. The third-order valence-corrected chi connectivity index (χ3v) is 1.78. The van der Waals surface area contributed by atoms with E-state index >= 15 is 0 Å². The molecule has 0 aliphatic rings. The summed E-state index contributed by atoms with van der Waals surface area (Å²) in [5.74, 6) is -0.0845. The largest absolute Gasteiger partial charge is 0.430 e. The number of hydrogen-bond acceptors (Lipinski definition) is 3. The standard InChI is InChI=1S/C8H7F2N3O/c9-8(10)14-7-4(11)1-2-5-6(7)13-3-12-5/h1-3,8H,11H2,(H,12,13). The molecule has 6 heteroatoms. The van der Waals surface area contributed by atoms with Crippen LogP contribution in [0.5, 0.6) is 5.75 Å². The fourth-order valence-corrected chi connectivity index (χ4v) is 1.21. The van der Waals surface area contributed by atoms with Crippen molar-refractivity contribution in [3.05, 3.63) is 18.5 Å². The Labute approximate surface area is 77.7 Å². The number of alkyl halides is 2. The molecule has 1 aromatic heterocycles. The molecule has 2 aromatic rings. The van der Waals surface area contributed by atoms with Gasteiger partial charge in [-0.3, -0.25) is 0 Å². The lowest BCUT2D eigenvalue weighted by molar-refractivity contribution is -0.0484. The average Bonchev–Trinajstić information content (AvgIpc) is 2.57. The van der Waals surface area contributed by atoms with Gasteiger partial charge in [-0.15, -0.1) is 0 Å². The van der Waals surface area contributed by atoms with Gasteiger partial charge in [0.25, 0.3) is 0 Å². The summed E-state index contributed by atoms with van der Waals surface area (Å²) in [6, 6.07) is 3.13. The smallest absolute Gasteiger partial charge is 0.387 e. The summed E-state index contributed by atoms with van der Waals surface area (Å²) in [7, 11) is 0. The second-order valence-electron chi connectivity index (χ2n) is 2.66. The molecule has 0 spiro atoms. The molecule has 0 saturated carbocycles. The Kier molecular flexibility index (Phi) is 1.95. The fraction of sp³-hybridized carbons (Fsp3) is 0.125. The molecule has 4 nitrogen and oxygen atoms in total. The maximum atomic E-state index is 12.0. The van der Waals surface area contributed by atoms with Crippen LogP contribution >= 0.6 is 0 Å². The van der Waals surface area contributed by atoms with Gasteiger partial charge in [-0.05, 0) is 12.1 Å². The lowest BCUT2D eigenvalue weighted by Gasteiger charge is -2.07. The van der Waals surface area contributed by atoms with E-state index in [4.69, 9.17) is 5.73 Å². The van der Waals surface area contributed by atoms with Gasteiger partial charge in [-0.2, -0.15) is 8.78 Å². The molecule has 0 atom stereocenters. The van der Waals surface area contributed by atoms with Gasteiger partial charge in [0.05, 0.1) is 17.5 Å². The molecule has 3 N–H and O–H groups in total. The number of ether oxygens (including phenoxy) is 1. The average molecular weight is 199 g/mol. The first kappa shape index (κ1) is 8.74. The monoisotopic (exact) mass is 199 g/mol. The van der Waals surface area contributed by atoms with E-state index in [2.05, 4.69) is 14.7 Å². The summed E-state index contributed by atoms with van der Waals surface area (Å²) in [4.78, 5) is 6.61. The number of H-pyrrole nitrogens is 1. The number of halogens is 2. The maximum absolute atomic E-state index is 12.0. The van der Waals surface area contributed by atoms with Crippen LogP contribution in [0.2, 0.25) is 0 Å². The van der Waals surface area contributed by atoms with E-state index in [9.17, 15) is 8.78 Å². The third-order valence-electron chi connectivity index (χ3n) is 1.78. The zero-order valence-electron chi connectivity index (χ0n) is 7.00. The van der Waals surface area contributed by atoms with Crippen molar-refractivity contribution in [3.8, 4) is 5.75 Å². The number of rotatable bonds is 2. The van der Waals surface area contributed by atoms with Crippen LogP contribution in [0.1, 0.15) is 0 Å². The van der Waals surface area contributed by atoms with E-state index in [0.29, 0.717) is 11.0 Å². The van der Waals surface area contributed by atoms with Crippen molar-refractivity contribution in [2.75, 3.05) is 5.73 Å². The van der Waals surface area contributed by atoms with E-state index in [1.165, 1.54) is 12.4 Å². The summed E-state index contributed by atoms with van der Waals surface area (Å²) in [5, 5.41) is 0. The minimum Gasteiger partial charge on any atom is -0.430 e. The van der Waals surface area contributed by atoms with E-state index in [-0.39, 0.29) is 11.4 Å². The minimum atomic E-state index is -2.90. The predicted molar refractivity (Wildman–Crippen MR) is 47.1 cm³/mol. The van der Waals surface area contributed by atoms with Crippen molar-refractivity contribution in [2.45, 2.75) is 6.61 Å². The third kappa shape index (κ3) is 1.34. The van der Waals surface area contributed by atoms with Gasteiger partial charge in [0.15, 0.2) is 5.75 Å². The first-order chi connectivity index (χ1) is 6.68. The van der Waals surface area contributed by atoms with Gasteiger partial charge in [0.2, 0.25) is 0 Å². The number of benzene rings is 1. The SMILES string of the molecule is Nc1ccc2[nH]cnc2c1OC(F)F. The highest BCUT2D eigenvalue weighted by Gasteiger charge is 2.13. The molecule has 1 heterocycles. The van der Waals surface area contributed by atoms with Crippen LogP contribution in [0.15, 0.2) is 18.5 Å². The van der Waals surface area contributed by atoms with Gasteiger partial charge in [-0.25, -0.2) is 4.98 Å². The topological polar surface area (TPSA) is 63.9 Å². The van der Waals surface area contributed by atoms with Gasteiger partial charge in [-0.1, -0.05) is 0 Å². The normalized spacial score (nSPS) is 11.1. The highest BCUT2D eigenvalue weighted by atomic mass is 19.3. The number of nitrogens with one attached hydrogen (secondary N) is 1. The molecular formula is C8H7F2N3O. The van der Waals surface area contributed by atoms with Crippen LogP contribution in [0, 0.1) is 0 Å². The van der Waals surface area contributed by atoms with Crippen LogP contribution in [-0.2, 0) is 0 Å². The molecule has 0 aliphatic heterocycles. The van der Waals surface area contributed by atoms with Crippen molar-refractivity contribution < 1.29 is 13.5 Å². The molecule has 0 bridgehead atoms. The van der Waals surface area contributed by atoms with E-state index in [0.717, 1.165) is 0 Å². The lowest BCUT2D eigenvalue weighted by atomic mass is 10.2. The number of imidazole rings is 1. The summed E-state index contributed by atoms with van der Waals surface area (Å²) >= 11 is 0. The molecule has 0 aliphatic carbocycles. The maximum Gasteiger partial charge on any atom is 0.387 e. The number of anilines is 1. The molecular weight excluding hydrogens is 192 g/mol. The highest BCUT2D eigenvalue weighted by Crippen LogP contribution is 2.30. The van der Waals surface area contributed by atoms with Crippen molar-refractivity contribution >= 4 is 16.7 Å². The minimum absolute atomic E-state index is 0.0845. The Morgan fingerprint density at radius 3 is 2.93 bits per heavy atom. The summed E-state index contributed by atoms with van der Waals surface area (Å²) < 4.78 is 28.3. The Bertz CT molecular complexity index is 455. The van der Waals surface area contributed by atoms with Crippen LogP contribution in [-0.4, -0.2) is 16.6 Å². The van der Waals surface area contributed by atoms with Crippen LogP contribution in [0.3, 0.4) is 0 Å². The molecule has 14 heavy (non-hydrogen) atoms. The van der Waals surface area contributed by atoms with Crippen molar-refractivity contribution in [2.24, 2.45) is 0 Å². The van der Waals surface area contributed by atoms with Gasteiger partial charge >= 0.3 is 6.61 Å². The molecule has 0 radical (unpaired) electrons. The van der Waals surface area contributed by atoms with Gasteiger partial charge < -0.3 is 15.5 Å². The van der Waals surface area contributed by atoms with E-state index in [1.807, 2.05) is 0 Å². The molecule has 0 amide bonds. The number of hydrogen-bond donors (Lipinski definition) is 2. The Morgan fingerprint density at radius 2 is 2.21 bits per heavy atom. The quantitative estimate of drug-likeness (QED) is 0.724. The second-order valence-corrected chi connectivity index (χ2v) is 2.66. The summed E-state index contributed by atoms with van der Waals surface area (Å²) in [5.41, 5.74) is 6.54. The molecule has 1 aromatic carbocycles. The van der Waals surface area contributed by atoms with Crippen molar-refractivity contribution in [1.29, 1.82) is 0 Å². The number of nitrogen functional groups attached to an aromatic ring is 1. The number of nitrogens with zero attached hydrogens (tertiary/aromatic N) is 1. The number of fused-ring (bicyclic) bond motifs is 1. The predicted octanol–water partition coefficient (Wildman–Crippen LogP) is 1.75. The fourth-order valence-electron chi connectivity index (χ4n) is 1.21. The first-order valence-corrected chi connectivity index (χ1v) is 3.85. The summed E-state index contributed by atoms with van der Waals surface area (Å²) in [6.07, 6.45) is 1.39. The molecule has 0 unspecified atom stereocenters. The Hall–Kier alpha value is -1.85. The Morgan fingerprint density at radius 1 is 1.43 bits per heavy atom. The number of aromatic amines is 1. The van der Waals surface area contributed by atoms with Gasteiger partial charge in [0, 0.05) is 0 Å². The first-order valence-electron chi connectivity index (χ1n) is 3.85. The lowest BCUT2D eigenvalue weighted by Crippen LogP contribution is -2.04. The van der Waals surface area contributed by atoms with Crippen LogP contribution in [0.4, 0.5) is 14.5 Å². The van der Waals surface area contributed by atoms with E-state index in [1.54, 1.807) is 6.07 Å². The Balaban J connectivity index is 2.58. The highest BCUT2D eigenvalue weighted by molar-refractivity contribution is 5.87. The zero-order valence-corrected chi connectivity index (χ0v) is 7.00. The summed E-state index contributed by atoms with van der Waals surface area (Å²) in [6.45, 7) is -2.90. The molecule has 0 saturated heterocycles. The second kappa shape index (κ2) is 3.13.